The lowest BCUT2D eigenvalue weighted by atomic mass is 10.2. The number of carbonyl (C=O) groups excluding carboxylic acids is 2. The molecule has 1 amide bonds. The van der Waals surface area contributed by atoms with E-state index in [1.807, 2.05) is 0 Å². The number of esters is 1. The summed E-state index contributed by atoms with van der Waals surface area (Å²) in [5, 5.41) is 7.43. The molecule has 0 bridgehead atoms. The van der Waals surface area contributed by atoms with Crippen LogP contribution in [0.25, 0.3) is 0 Å². The number of rotatable bonds is 6. The second-order valence-corrected chi connectivity index (χ2v) is 6.73. The summed E-state index contributed by atoms with van der Waals surface area (Å²) in [6, 6.07) is 7.99. The van der Waals surface area contributed by atoms with Gasteiger partial charge in [0.1, 0.15) is 0 Å². The first-order valence-corrected chi connectivity index (χ1v) is 8.72. The third-order valence-corrected chi connectivity index (χ3v) is 4.16. The molecule has 26 heavy (non-hydrogen) atoms. The first kappa shape index (κ1) is 19.5. The van der Waals surface area contributed by atoms with Gasteiger partial charge in [-0.1, -0.05) is 12.1 Å². The van der Waals surface area contributed by atoms with E-state index in [-0.39, 0.29) is 17.0 Å². The molecule has 0 aliphatic heterocycles. The number of hydrogen-bond acceptors (Lipinski definition) is 5. The van der Waals surface area contributed by atoms with Gasteiger partial charge in [-0.2, -0.15) is 0 Å². The molecule has 0 heterocycles. The van der Waals surface area contributed by atoms with Crippen molar-refractivity contribution in [2.45, 2.75) is 11.4 Å². The lowest BCUT2D eigenvalue weighted by Crippen LogP contribution is -2.28. The van der Waals surface area contributed by atoms with E-state index in [0.717, 1.165) is 12.1 Å². The maximum atomic E-state index is 13.0. The number of carbonyl (C=O) groups is 2. The predicted molar refractivity (Wildman–Crippen MR) is 86.3 cm³/mol. The number of halogens is 2. The molecule has 2 aromatic carbocycles. The smallest absolute Gasteiger partial charge is 0.338 e. The van der Waals surface area contributed by atoms with Gasteiger partial charge in [-0.25, -0.2) is 27.1 Å². The molecule has 0 atom stereocenters. The minimum Gasteiger partial charge on any atom is -0.452 e. The third kappa shape index (κ3) is 5.33. The summed E-state index contributed by atoms with van der Waals surface area (Å²) in [7, 11) is -3.80. The van der Waals surface area contributed by atoms with Crippen molar-refractivity contribution in [2.75, 3.05) is 6.61 Å². The van der Waals surface area contributed by atoms with Crippen LogP contribution in [-0.2, 0) is 26.1 Å². The normalized spacial score (nSPS) is 11.0. The lowest BCUT2D eigenvalue weighted by molar-refractivity contribution is -0.124. The first-order valence-electron chi connectivity index (χ1n) is 7.17. The molecule has 138 valence electrons. The number of hydrogen-bond donors (Lipinski definition) is 2. The zero-order valence-electron chi connectivity index (χ0n) is 13.2. The van der Waals surface area contributed by atoms with Crippen molar-refractivity contribution in [3.8, 4) is 0 Å². The minimum absolute atomic E-state index is 0.0620. The van der Waals surface area contributed by atoms with Crippen LogP contribution in [0.4, 0.5) is 8.78 Å². The molecule has 0 aliphatic rings. The number of primary sulfonamides is 1. The standard InChI is InChI=1S/C16H14F2N2O5S/c17-13-6-3-11(7-14(13)18)16(22)25-9-15(21)20-8-10-1-4-12(5-2-10)26(19,23)24/h1-7H,8-9H2,(H,20,21)(H2,19,23,24). The second kappa shape index (κ2) is 8.02. The Morgan fingerprint density at radius 1 is 1.04 bits per heavy atom. The van der Waals surface area contributed by atoms with Crippen LogP contribution in [0.2, 0.25) is 0 Å². The van der Waals surface area contributed by atoms with E-state index in [2.05, 4.69) is 5.32 Å². The molecule has 0 radical (unpaired) electrons. The summed E-state index contributed by atoms with van der Waals surface area (Å²) < 4.78 is 52.8. The van der Waals surface area contributed by atoms with Crippen LogP contribution in [0.15, 0.2) is 47.4 Å². The number of benzene rings is 2. The van der Waals surface area contributed by atoms with Gasteiger partial charge in [0.25, 0.3) is 5.91 Å². The highest BCUT2D eigenvalue weighted by molar-refractivity contribution is 7.89. The van der Waals surface area contributed by atoms with Gasteiger partial charge in [-0.15, -0.1) is 0 Å². The Morgan fingerprint density at radius 2 is 1.69 bits per heavy atom. The summed E-state index contributed by atoms with van der Waals surface area (Å²) in [6.07, 6.45) is 0. The number of amides is 1. The lowest BCUT2D eigenvalue weighted by Gasteiger charge is -2.07. The Bertz CT molecular complexity index is 930. The molecule has 2 aromatic rings. The van der Waals surface area contributed by atoms with Crippen molar-refractivity contribution >= 4 is 21.9 Å². The van der Waals surface area contributed by atoms with Gasteiger partial charge in [0.2, 0.25) is 10.0 Å². The fourth-order valence-electron chi connectivity index (χ4n) is 1.89. The van der Waals surface area contributed by atoms with Crippen molar-refractivity contribution < 1.29 is 31.5 Å². The third-order valence-electron chi connectivity index (χ3n) is 3.23. The zero-order valence-corrected chi connectivity index (χ0v) is 14.1. The molecule has 0 unspecified atom stereocenters. The highest BCUT2D eigenvalue weighted by Crippen LogP contribution is 2.10. The minimum atomic E-state index is -3.80. The van der Waals surface area contributed by atoms with Crippen LogP contribution < -0.4 is 10.5 Å². The fraction of sp³-hybridized carbons (Fsp3) is 0.125. The molecule has 2 rings (SSSR count). The monoisotopic (exact) mass is 384 g/mol. The van der Waals surface area contributed by atoms with Crippen LogP contribution in [-0.4, -0.2) is 26.9 Å². The van der Waals surface area contributed by atoms with Gasteiger partial charge in [-0.3, -0.25) is 4.79 Å². The molecule has 10 heteroatoms. The SMILES string of the molecule is NS(=O)(=O)c1ccc(CNC(=O)COC(=O)c2ccc(F)c(F)c2)cc1. The van der Waals surface area contributed by atoms with Gasteiger partial charge < -0.3 is 10.1 Å². The van der Waals surface area contributed by atoms with Crippen LogP contribution in [0.3, 0.4) is 0 Å². The average Bonchev–Trinajstić information content (AvgIpc) is 2.59. The van der Waals surface area contributed by atoms with Crippen molar-refractivity contribution in [1.29, 1.82) is 0 Å². The summed E-state index contributed by atoms with van der Waals surface area (Å²) in [5.41, 5.74) is 0.368. The zero-order chi connectivity index (χ0) is 19.3. The number of nitrogens with two attached hydrogens (primary N) is 1. The molecule has 0 saturated heterocycles. The quantitative estimate of drug-likeness (QED) is 0.724. The first-order chi connectivity index (χ1) is 12.2. The number of ether oxygens (including phenoxy) is 1. The Kier molecular flexibility index (Phi) is 6.01. The Morgan fingerprint density at radius 3 is 2.27 bits per heavy atom. The number of sulfonamides is 1. The Balaban J connectivity index is 1.83. The van der Waals surface area contributed by atoms with Crippen molar-refractivity contribution in [3.05, 3.63) is 65.2 Å². The highest BCUT2D eigenvalue weighted by atomic mass is 32.2. The van der Waals surface area contributed by atoms with Crippen LogP contribution >= 0.6 is 0 Å². The predicted octanol–water partition coefficient (Wildman–Crippen LogP) is 1.09. The van der Waals surface area contributed by atoms with Gasteiger partial charge in [0.15, 0.2) is 18.2 Å². The maximum Gasteiger partial charge on any atom is 0.338 e. The molecule has 0 aliphatic carbocycles. The molecule has 0 aromatic heterocycles. The second-order valence-electron chi connectivity index (χ2n) is 5.17. The summed E-state index contributed by atoms with van der Waals surface area (Å²) >= 11 is 0. The number of nitrogens with one attached hydrogen (secondary N) is 1. The summed E-state index contributed by atoms with van der Waals surface area (Å²) in [5.74, 6) is -3.91. The average molecular weight is 384 g/mol. The van der Waals surface area contributed by atoms with E-state index in [1.54, 1.807) is 0 Å². The Hall–Kier alpha value is -2.85. The molecule has 0 saturated carbocycles. The van der Waals surface area contributed by atoms with E-state index >= 15 is 0 Å². The van der Waals surface area contributed by atoms with E-state index in [9.17, 15) is 26.8 Å². The van der Waals surface area contributed by atoms with Crippen LogP contribution in [0.5, 0.6) is 0 Å². The Labute approximate surface area is 147 Å². The topological polar surface area (TPSA) is 116 Å². The molecular weight excluding hydrogens is 370 g/mol. The fourth-order valence-corrected chi connectivity index (χ4v) is 2.40. The van der Waals surface area contributed by atoms with Crippen molar-refractivity contribution in [3.63, 3.8) is 0 Å². The van der Waals surface area contributed by atoms with Gasteiger partial charge in [-0.05, 0) is 35.9 Å². The van der Waals surface area contributed by atoms with Crippen LogP contribution in [0.1, 0.15) is 15.9 Å². The molecule has 3 N–H and O–H groups in total. The van der Waals surface area contributed by atoms with E-state index in [0.29, 0.717) is 11.6 Å². The van der Waals surface area contributed by atoms with Crippen molar-refractivity contribution in [2.24, 2.45) is 5.14 Å². The summed E-state index contributed by atoms with van der Waals surface area (Å²) in [6.45, 7) is -0.556. The molecule has 7 nitrogen and oxygen atoms in total. The largest absolute Gasteiger partial charge is 0.452 e. The van der Waals surface area contributed by atoms with Crippen molar-refractivity contribution in [1.82, 2.24) is 5.32 Å². The van der Waals surface area contributed by atoms with Gasteiger partial charge in [0.05, 0.1) is 10.5 Å². The maximum absolute atomic E-state index is 13.0. The van der Waals surface area contributed by atoms with Gasteiger partial charge in [0, 0.05) is 6.54 Å². The highest BCUT2D eigenvalue weighted by Gasteiger charge is 2.13. The molecule has 0 fully saturated rings. The van der Waals surface area contributed by atoms with Gasteiger partial charge >= 0.3 is 5.97 Å². The molecule has 0 spiro atoms. The van der Waals surface area contributed by atoms with E-state index in [4.69, 9.17) is 9.88 Å². The van der Waals surface area contributed by atoms with Crippen LogP contribution in [0, 0.1) is 11.6 Å². The molecular formula is C16H14F2N2O5S. The van der Waals surface area contributed by atoms with E-state index in [1.165, 1.54) is 24.3 Å². The van der Waals surface area contributed by atoms with E-state index < -0.39 is 40.1 Å². The summed E-state index contributed by atoms with van der Waals surface area (Å²) in [4.78, 5) is 23.3.